The molecule has 2 rings (SSSR count). The number of amides is 1. The van der Waals surface area contributed by atoms with Crippen molar-refractivity contribution in [1.29, 1.82) is 0 Å². The molecule has 1 amide bonds. The highest BCUT2D eigenvalue weighted by Crippen LogP contribution is 2.19. The van der Waals surface area contributed by atoms with E-state index in [9.17, 15) is 9.90 Å². The molecule has 25 heavy (non-hydrogen) atoms. The van der Waals surface area contributed by atoms with Crippen LogP contribution in [-0.4, -0.2) is 35.6 Å². The van der Waals surface area contributed by atoms with Crippen molar-refractivity contribution in [3.05, 3.63) is 71.3 Å². The maximum Gasteiger partial charge on any atom is 0.251 e. The summed E-state index contributed by atoms with van der Waals surface area (Å²) in [6.07, 6.45) is 0. The Kier molecular flexibility index (Phi) is 7.16. The van der Waals surface area contributed by atoms with Gasteiger partial charge in [0.1, 0.15) is 0 Å². The van der Waals surface area contributed by atoms with E-state index in [-0.39, 0.29) is 18.6 Å². The van der Waals surface area contributed by atoms with Crippen LogP contribution in [0.4, 0.5) is 0 Å². The third-order valence-corrected chi connectivity index (χ3v) is 4.46. The zero-order valence-electron chi connectivity index (χ0n) is 15.3. The minimum Gasteiger partial charge on any atom is -0.395 e. The number of nitrogens with one attached hydrogen (secondary N) is 1. The van der Waals surface area contributed by atoms with Gasteiger partial charge in [-0.15, -0.1) is 0 Å². The van der Waals surface area contributed by atoms with Crippen molar-refractivity contribution < 1.29 is 9.90 Å². The molecule has 0 radical (unpaired) electrons. The molecule has 0 bridgehead atoms. The summed E-state index contributed by atoms with van der Waals surface area (Å²) in [6, 6.07) is 18.0. The molecule has 2 aromatic rings. The monoisotopic (exact) mass is 340 g/mol. The number of aliphatic hydroxyl groups is 1. The van der Waals surface area contributed by atoms with Gasteiger partial charge >= 0.3 is 0 Å². The average Bonchev–Trinajstić information content (AvgIpc) is 2.62. The number of rotatable bonds is 8. The summed E-state index contributed by atoms with van der Waals surface area (Å²) in [5.74, 6) is 0.245. The van der Waals surface area contributed by atoms with Crippen molar-refractivity contribution in [1.82, 2.24) is 10.2 Å². The fourth-order valence-corrected chi connectivity index (χ4v) is 3.05. The molecule has 0 aliphatic heterocycles. The smallest absolute Gasteiger partial charge is 0.251 e. The van der Waals surface area contributed by atoms with Gasteiger partial charge in [0.15, 0.2) is 0 Å². The Balaban J connectivity index is 2.24. The molecule has 4 nitrogen and oxygen atoms in total. The molecule has 1 atom stereocenters. The van der Waals surface area contributed by atoms with E-state index < -0.39 is 0 Å². The lowest BCUT2D eigenvalue weighted by molar-refractivity contribution is 0.0783. The first kappa shape index (κ1) is 19.2. The van der Waals surface area contributed by atoms with Crippen molar-refractivity contribution in [2.75, 3.05) is 13.7 Å². The van der Waals surface area contributed by atoms with Gasteiger partial charge in [-0.05, 0) is 29.2 Å². The van der Waals surface area contributed by atoms with E-state index in [0.717, 1.165) is 12.1 Å². The van der Waals surface area contributed by atoms with E-state index in [1.807, 2.05) is 42.5 Å². The lowest BCUT2D eigenvalue weighted by Crippen LogP contribution is -2.40. The minimum atomic E-state index is -0.0842. The Bertz CT molecular complexity index is 671. The average molecular weight is 340 g/mol. The summed E-state index contributed by atoms with van der Waals surface area (Å²) >= 11 is 0. The summed E-state index contributed by atoms with van der Waals surface area (Å²) < 4.78 is 0. The first-order valence-electron chi connectivity index (χ1n) is 8.75. The molecule has 4 heteroatoms. The standard InChI is InChI=1S/C21H28N2O2/c1-16(2)20(15-24)23(13-17-8-5-4-6-9-17)14-18-10-7-11-19(12-18)21(25)22-3/h4-12,16,20,24H,13-15H2,1-3H3,(H,22,25). The van der Waals surface area contributed by atoms with Gasteiger partial charge in [0.25, 0.3) is 5.91 Å². The summed E-state index contributed by atoms with van der Waals surface area (Å²) in [6.45, 7) is 5.80. The highest BCUT2D eigenvalue weighted by atomic mass is 16.3. The number of carbonyl (C=O) groups excluding carboxylic acids is 1. The Labute approximate surface area is 150 Å². The molecule has 0 spiro atoms. The van der Waals surface area contributed by atoms with Crippen LogP contribution in [0.3, 0.4) is 0 Å². The molecule has 2 aromatic carbocycles. The third kappa shape index (κ3) is 5.41. The zero-order chi connectivity index (χ0) is 18.2. The van der Waals surface area contributed by atoms with Crippen LogP contribution in [0.25, 0.3) is 0 Å². The highest BCUT2D eigenvalue weighted by Gasteiger charge is 2.22. The number of carbonyl (C=O) groups is 1. The lowest BCUT2D eigenvalue weighted by Gasteiger charge is -2.33. The van der Waals surface area contributed by atoms with Crippen LogP contribution in [0.2, 0.25) is 0 Å². The first-order chi connectivity index (χ1) is 12.0. The van der Waals surface area contributed by atoms with Crippen molar-refractivity contribution in [3.63, 3.8) is 0 Å². The number of hydrogen-bond donors (Lipinski definition) is 2. The molecule has 0 fully saturated rings. The van der Waals surface area contributed by atoms with E-state index in [1.165, 1.54) is 5.56 Å². The molecule has 0 aromatic heterocycles. The molecule has 0 aliphatic carbocycles. The van der Waals surface area contributed by atoms with E-state index >= 15 is 0 Å². The Morgan fingerprint density at radius 3 is 2.28 bits per heavy atom. The van der Waals surface area contributed by atoms with Crippen molar-refractivity contribution >= 4 is 5.91 Å². The van der Waals surface area contributed by atoms with Crippen molar-refractivity contribution in [2.45, 2.75) is 33.0 Å². The zero-order valence-corrected chi connectivity index (χ0v) is 15.3. The Morgan fingerprint density at radius 2 is 1.68 bits per heavy atom. The minimum absolute atomic E-state index is 0.0591. The van der Waals surface area contributed by atoms with E-state index in [1.54, 1.807) is 7.05 Å². The van der Waals surface area contributed by atoms with Crippen LogP contribution in [0.1, 0.15) is 35.3 Å². The predicted molar refractivity (Wildman–Crippen MR) is 101 cm³/mol. The number of benzene rings is 2. The van der Waals surface area contributed by atoms with Crippen LogP contribution in [0.5, 0.6) is 0 Å². The van der Waals surface area contributed by atoms with Gasteiger partial charge in [-0.25, -0.2) is 0 Å². The predicted octanol–water partition coefficient (Wildman–Crippen LogP) is 3.07. The van der Waals surface area contributed by atoms with Crippen LogP contribution < -0.4 is 5.32 Å². The second kappa shape index (κ2) is 9.35. The molecule has 0 heterocycles. The summed E-state index contributed by atoms with van der Waals surface area (Å²) in [5.41, 5.74) is 2.94. The fourth-order valence-electron chi connectivity index (χ4n) is 3.05. The van der Waals surface area contributed by atoms with E-state index in [2.05, 4.69) is 36.2 Å². The third-order valence-electron chi connectivity index (χ3n) is 4.46. The SMILES string of the molecule is CNC(=O)c1cccc(CN(Cc2ccccc2)C(CO)C(C)C)c1. The maximum atomic E-state index is 11.9. The number of nitrogens with zero attached hydrogens (tertiary/aromatic N) is 1. The molecule has 0 saturated heterocycles. The van der Waals surface area contributed by atoms with Gasteiger partial charge in [0.05, 0.1) is 6.61 Å². The molecule has 2 N–H and O–H groups in total. The topological polar surface area (TPSA) is 52.6 Å². The van der Waals surface area contributed by atoms with Crippen LogP contribution >= 0.6 is 0 Å². The molecule has 0 aliphatic rings. The highest BCUT2D eigenvalue weighted by molar-refractivity contribution is 5.94. The van der Waals surface area contributed by atoms with Crippen LogP contribution in [0.15, 0.2) is 54.6 Å². The van der Waals surface area contributed by atoms with Gasteiger partial charge in [0, 0.05) is 31.7 Å². The molecule has 0 saturated carbocycles. The Hall–Kier alpha value is -2.17. The number of hydrogen-bond acceptors (Lipinski definition) is 3. The molecule has 134 valence electrons. The molecular formula is C21H28N2O2. The van der Waals surface area contributed by atoms with Gasteiger partial charge in [-0.1, -0.05) is 56.3 Å². The fraction of sp³-hybridized carbons (Fsp3) is 0.381. The molecule has 1 unspecified atom stereocenters. The van der Waals surface area contributed by atoms with Crippen molar-refractivity contribution in [3.8, 4) is 0 Å². The maximum absolute atomic E-state index is 11.9. The second-order valence-corrected chi connectivity index (χ2v) is 6.66. The normalized spacial score (nSPS) is 12.4. The summed E-state index contributed by atoms with van der Waals surface area (Å²) in [5, 5.41) is 12.6. The van der Waals surface area contributed by atoms with Gasteiger partial charge in [-0.2, -0.15) is 0 Å². The first-order valence-corrected chi connectivity index (χ1v) is 8.75. The van der Waals surface area contributed by atoms with Crippen molar-refractivity contribution in [2.24, 2.45) is 5.92 Å². The Morgan fingerprint density at radius 1 is 1.04 bits per heavy atom. The summed E-state index contributed by atoms with van der Waals surface area (Å²) in [7, 11) is 1.64. The van der Waals surface area contributed by atoms with Gasteiger partial charge in [0.2, 0.25) is 0 Å². The van der Waals surface area contributed by atoms with E-state index in [0.29, 0.717) is 18.0 Å². The van der Waals surface area contributed by atoms with Gasteiger partial charge < -0.3 is 10.4 Å². The second-order valence-electron chi connectivity index (χ2n) is 6.66. The summed E-state index contributed by atoms with van der Waals surface area (Å²) in [4.78, 5) is 14.2. The van der Waals surface area contributed by atoms with Gasteiger partial charge in [-0.3, -0.25) is 9.69 Å². The van der Waals surface area contributed by atoms with E-state index in [4.69, 9.17) is 0 Å². The lowest BCUT2D eigenvalue weighted by atomic mass is 10.0. The van der Waals surface area contributed by atoms with Crippen LogP contribution in [0, 0.1) is 5.92 Å². The van der Waals surface area contributed by atoms with Crippen LogP contribution in [-0.2, 0) is 13.1 Å². The largest absolute Gasteiger partial charge is 0.395 e. The number of aliphatic hydroxyl groups excluding tert-OH is 1. The quantitative estimate of drug-likeness (QED) is 0.776. The molecular weight excluding hydrogens is 312 g/mol.